The Bertz CT molecular complexity index is 366. The highest BCUT2D eigenvalue weighted by molar-refractivity contribution is 8.00. The molecule has 0 aromatic heterocycles. The smallest absolute Gasteiger partial charge is 0.128 e. The maximum atomic E-state index is 13.9. The zero-order valence-corrected chi connectivity index (χ0v) is 12.6. The predicted molar refractivity (Wildman–Crippen MR) is 78.6 cm³/mol. The Kier molecular flexibility index (Phi) is 6.72. The number of nitrogens with one attached hydrogen (secondary N) is 1. The summed E-state index contributed by atoms with van der Waals surface area (Å²) >= 11 is 1.77. The Hall–Kier alpha value is -0.540. The zero-order valence-electron chi connectivity index (χ0n) is 11.8. The normalized spacial score (nSPS) is 13.0. The molecule has 1 nitrogen and oxygen atoms in total. The van der Waals surface area contributed by atoms with E-state index < -0.39 is 0 Å². The van der Waals surface area contributed by atoms with E-state index >= 15 is 0 Å². The first-order valence-corrected chi connectivity index (χ1v) is 7.59. The van der Waals surface area contributed by atoms with E-state index in [1.54, 1.807) is 23.9 Å². The van der Waals surface area contributed by atoms with Crippen molar-refractivity contribution in [2.45, 2.75) is 50.8 Å². The van der Waals surface area contributed by atoms with E-state index in [0.717, 1.165) is 23.4 Å². The van der Waals surface area contributed by atoms with E-state index in [-0.39, 0.29) is 5.82 Å². The molecule has 0 amide bonds. The van der Waals surface area contributed by atoms with Crippen molar-refractivity contribution in [1.29, 1.82) is 0 Å². The van der Waals surface area contributed by atoms with Gasteiger partial charge in [0.05, 0.1) is 0 Å². The predicted octanol–water partition coefficient (Wildman–Crippen LogP) is 4.46. The molecule has 0 aliphatic carbocycles. The average molecular weight is 269 g/mol. The Labute approximate surface area is 115 Å². The zero-order chi connectivity index (χ0) is 13.5. The lowest BCUT2D eigenvalue weighted by Gasteiger charge is -2.18. The largest absolute Gasteiger partial charge is 0.313 e. The van der Waals surface area contributed by atoms with Gasteiger partial charge >= 0.3 is 0 Å². The molecule has 0 radical (unpaired) electrons. The second-order valence-corrected chi connectivity index (χ2v) is 6.38. The summed E-state index contributed by atoms with van der Waals surface area (Å²) in [7, 11) is 0. The molecule has 1 aromatic rings. The lowest BCUT2D eigenvalue weighted by atomic mass is 10.1. The summed E-state index contributed by atoms with van der Waals surface area (Å²) < 4.78 is 13.9. The van der Waals surface area contributed by atoms with Gasteiger partial charge in [0.25, 0.3) is 0 Å². The summed E-state index contributed by atoms with van der Waals surface area (Å²) in [5.41, 5.74) is 0.809. The van der Waals surface area contributed by atoms with E-state index in [2.05, 4.69) is 33.0 Å². The molecule has 0 saturated heterocycles. The van der Waals surface area contributed by atoms with Crippen molar-refractivity contribution in [1.82, 2.24) is 5.32 Å². The summed E-state index contributed by atoms with van der Waals surface area (Å²) in [4.78, 5) is 1.07. The fourth-order valence-electron chi connectivity index (χ4n) is 1.55. The monoisotopic (exact) mass is 269 g/mol. The Balaban J connectivity index is 2.79. The number of hydrogen-bond donors (Lipinski definition) is 1. The summed E-state index contributed by atoms with van der Waals surface area (Å²) in [5.74, 6) is 0.495. The Morgan fingerprint density at radius 2 is 2.00 bits per heavy atom. The highest BCUT2D eigenvalue weighted by Gasteiger charge is 2.14. The second-order valence-electron chi connectivity index (χ2n) is 4.96. The first-order chi connectivity index (χ1) is 8.56. The van der Waals surface area contributed by atoms with Crippen molar-refractivity contribution >= 4 is 11.8 Å². The molecule has 1 aromatic carbocycles. The fraction of sp³-hybridized carbons (Fsp3) is 0.600. The van der Waals surface area contributed by atoms with Crippen LogP contribution in [0, 0.1) is 11.7 Å². The van der Waals surface area contributed by atoms with Crippen molar-refractivity contribution in [3.8, 4) is 0 Å². The molecule has 0 bridgehead atoms. The molecule has 1 unspecified atom stereocenters. The molecule has 0 fully saturated rings. The number of hydrogen-bond acceptors (Lipinski definition) is 2. The fourth-order valence-corrected chi connectivity index (χ4v) is 2.69. The van der Waals surface area contributed by atoms with Gasteiger partial charge in [-0.3, -0.25) is 0 Å². The first-order valence-electron chi connectivity index (χ1n) is 6.71. The van der Waals surface area contributed by atoms with Crippen LogP contribution in [0.4, 0.5) is 4.39 Å². The third-order valence-corrected chi connectivity index (χ3v) is 4.61. The van der Waals surface area contributed by atoms with Crippen LogP contribution in [0.2, 0.25) is 0 Å². The minimum Gasteiger partial charge on any atom is -0.313 e. The summed E-state index contributed by atoms with van der Waals surface area (Å²) in [6.45, 7) is 10.3. The van der Waals surface area contributed by atoms with Crippen LogP contribution in [-0.2, 0) is 6.54 Å². The molecule has 0 spiro atoms. The SMILES string of the molecule is CCCNCc1c(F)cccc1SC(C)C(C)C. The van der Waals surface area contributed by atoms with Gasteiger partial charge in [-0.25, -0.2) is 4.39 Å². The standard InChI is InChI=1S/C15H24FNS/c1-5-9-17-10-13-14(16)7-6-8-15(13)18-12(4)11(2)3/h6-8,11-12,17H,5,9-10H2,1-4H3. The Morgan fingerprint density at radius 3 is 2.61 bits per heavy atom. The molecule has 18 heavy (non-hydrogen) atoms. The van der Waals surface area contributed by atoms with Crippen LogP contribution in [-0.4, -0.2) is 11.8 Å². The molecule has 1 N–H and O–H groups in total. The lowest BCUT2D eigenvalue weighted by molar-refractivity contribution is 0.578. The van der Waals surface area contributed by atoms with E-state index in [9.17, 15) is 4.39 Å². The van der Waals surface area contributed by atoms with Gasteiger partial charge in [0.2, 0.25) is 0 Å². The van der Waals surface area contributed by atoms with Gasteiger partial charge in [-0.05, 0) is 31.0 Å². The molecule has 0 heterocycles. The van der Waals surface area contributed by atoms with Gasteiger partial charge in [-0.1, -0.05) is 33.8 Å². The van der Waals surface area contributed by atoms with Crippen LogP contribution in [0.25, 0.3) is 0 Å². The van der Waals surface area contributed by atoms with Crippen LogP contribution in [0.15, 0.2) is 23.1 Å². The van der Waals surface area contributed by atoms with E-state index in [1.807, 2.05) is 6.07 Å². The minimum absolute atomic E-state index is 0.0976. The first kappa shape index (κ1) is 15.5. The van der Waals surface area contributed by atoms with Crippen molar-refractivity contribution < 1.29 is 4.39 Å². The average Bonchev–Trinajstić information content (AvgIpc) is 2.32. The molecule has 1 rings (SSSR count). The molecular weight excluding hydrogens is 245 g/mol. The van der Waals surface area contributed by atoms with Crippen LogP contribution < -0.4 is 5.32 Å². The molecule has 0 saturated carbocycles. The van der Waals surface area contributed by atoms with Crippen LogP contribution in [0.3, 0.4) is 0 Å². The van der Waals surface area contributed by atoms with Crippen molar-refractivity contribution in [2.24, 2.45) is 5.92 Å². The van der Waals surface area contributed by atoms with Gasteiger partial charge in [-0.2, -0.15) is 0 Å². The molecule has 102 valence electrons. The molecular formula is C15H24FNS. The maximum Gasteiger partial charge on any atom is 0.128 e. The third kappa shape index (κ3) is 4.62. The molecule has 1 atom stereocenters. The van der Waals surface area contributed by atoms with E-state index in [1.165, 1.54) is 0 Å². The van der Waals surface area contributed by atoms with Crippen LogP contribution in [0.1, 0.15) is 39.7 Å². The maximum absolute atomic E-state index is 13.9. The lowest BCUT2D eigenvalue weighted by Crippen LogP contribution is -2.16. The topological polar surface area (TPSA) is 12.0 Å². The summed E-state index contributed by atoms with van der Waals surface area (Å²) in [6.07, 6.45) is 1.07. The summed E-state index contributed by atoms with van der Waals surface area (Å²) in [5, 5.41) is 3.78. The minimum atomic E-state index is -0.0976. The quantitative estimate of drug-likeness (QED) is 0.579. The second kappa shape index (κ2) is 7.80. The molecule has 3 heteroatoms. The molecule has 0 aliphatic heterocycles. The van der Waals surface area contributed by atoms with Crippen LogP contribution >= 0.6 is 11.8 Å². The van der Waals surface area contributed by atoms with Gasteiger partial charge in [0.15, 0.2) is 0 Å². The number of benzene rings is 1. The van der Waals surface area contributed by atoms with Crippen LogP contribution in [0.5, 0.6) is 0 Å². The number of rotatable bonds is 7. The van der Waals surface area contributed by atoms with Gasteiger partial charge < -0.3 is 5.32 Å². The Morgan fingerprint density at radius 1 is 1.28 bits per heavy atom. The van der Waals surface area contributed by atoms with E-state index in [0.29, 0.717) is 17.7 Å². The van der Waals surface area contributed by atoms with Crippen molar-refractivity contribution in [3.63, 3.8) is 0 Å². The van der Waals surface area contributed by atoms with Crippen molar-refractivity contribution in [3.05, 3.63) is 29.6 Å². The highest BCUT2D eigenvalue weighted by atomic mass is 32.2. The van der Waals surface area contributed by atoms with Gasteiger partial charge in [0, 0.05) is 22.3 Å². The van der Waals surface area contributed by atoms with Crippen molar-refractivity contribution in [2.75, 3.05) is 6.54 Å². The number of halogens is 1. The number of thioether (sulfide) groups is 1. The highest BCUT2D eigenvalue weighted by Crippen LogP contribution is 2.31. The third-order valence-electron chi connectivity index (χ3n) is 3.06. The molecule has 0 aliphatic rings. The van der Waals surface area contributed by atoms with Gasteiger partial charge in [-0.15, -0.1) is 11.8 Å². The van der Waals surface area contributed by atoms with E-state index in [4.69, 9.17) is 0 Å². The summed E-state index contributed by atoms with van der Waals surface area (Å²) in [6, 6.07) is 5.37. The van der Waals surface area contributed by atoms with Gasteiger partial charge in [0.1, 0.15) is 5.82 Å².